The third-order valence-corrected chi connectivity index (χ3v) is 19.6. The van der Waals surface area contributed by atoms with Gasteiger partial charge in [0.25, 0.3) is 5.79 Å². The van der Waals surface area contributed by atoms with Crippen molar-refractivity contribution in [3.05, 3.63) is 12.2 Å². The van der Waals surface area contributed by atoms with Crippen LogP contribution in [-0.4, -0.2) is 268 Å². The lowest BCUT2D eigenvalue weighted by Crippen LogP contribution is -2.71. The summed E-state index contributed by atoms with van der Waals surface area (Å²) in [7, 11) is 0. The Labute approximate surface area is 586 Å². The number of aliphatic hydroxyl groups excluding tert-OH is 14. The van der Waals surface area contributed by atoms with Crippen LogP contribution >= 0.6 is 0 Å². The molecule has 580 valence electrons. The van der Waals surface area contributed by atoms with Gasteiger partial charge in [0, 0.05) is 19.8 Å². The quantitative estimate of drug-likeness (QED) is 0.0307. The van der Waals surface area contributed by atoms with Gasteiger partial charge in [-0.3, -0.25) is 9.59 Å². The predicted molar refractivity (Wildman–Crippen MR) is 362 cm³/mol. The number of carbonyl (C=O) groups is 3. The van der Waals surface area contributed by atoms with Crippen molar-refractivity contribution in [3.63, 3.8) is 0 Å². The van der Waals surface area contributed by atoms with Crippen molar-refractivity contribution in [1.29, 1.82) is 0 Å². The topological polar surface area (TPSA) is 453 Å². The number of amides is 2. The van der Waals surface area contributed by atoms with E-state index >= 15 is 0 Å². The highest BCUT2D eigenvalue weighted by atomic mass is 16.8. The number of aliphatic carboxylic acids is 1. The third kappa shape index (κ3) is 30.3. The maximum absolute atomic E-state index is 13.6. The highest BCUT2D eigenvalue weighted by Gasteiger charge is 2.61. The van der Waals surface area contributed by atoms with Gasteiger partial charge in [-0.15, -0.1) is 0 Å². The SMILES string of the molecule is CCCCCCCCCCCCC/C=C/[C@@H](O)[C@H](CO[C@@H]1OC(CO)[C@@H](O[C@@H]2OC(CO)[C@H](O[C@@H]3OC(CO)[C@H](O)[C@H](O)C3O)[C@H](O[C@]3(C(=O)O)CC(O)[C@@H](NC(C)=O)C([C@H](O)[C@H](O)CO)O3)C2O)[C@H](O)C1O)NC(=O)CCCCCCCCCCCCCCCCCCCCCCC. The summed E-state index contributed by atoms with van der Waals surface area (Å²) in [6, 6.07) is -2.78. The number of unbranched alkanes of at least 4 members (excludes halogenated alkanes) is 31. The van der Waals surface area contributed by atoms with Crippen molar-refractivity contribution in [1.82, 2.24) is 10.6 Å². The number of allylic oxidation sites excluding steroid dienone is 1. The average molecular weight is 1430 g/mol. The largest absolute Gasteiger partial charge is 0.477 e. The Bertz CT molecular complexity index is 2160. The molecule has 4 aliphatic heterocycles. The van der Waals surface area contributed by atoms with Crippen LogP contribution in [0.5, 0.6) is 0 Å². The number of carboxylic acids is 1. The van der Waals surface area contributed by atoms with Gasteiger partial charge in [-0.1, -0.05) is 219 Å². The lowest BCUT2D eigenvalue weighted by molar-refractivity contribution is -0.404. The summed E-state index contributed by atoms with van der Waals surface area (Å²) in [6.07, 6.45) is 1.56. The van der Waals surface area contributed by atoms with E-state index in [1.807, 2.05) is 6.08 Å². The Morgan fingerprint density at radius 1 is 0.525 bits per heavy atom. The van der Waals surface area contributed by atoms with Crippen molar-refractivity contribution < 1.29 is 129 Å². The van der Waals surface area contributed by atoms with E-state index in [4.69, 9.17) is 37.9 Å². The number of carbonyl (C=O) groups excluding carboxylic acids is 2. The smallest absolute Gasteiger partial charge is 0.364 e. The summed E-state index contributed by atoms with van der Waals surface area (Å²) in [5.41, 5.74) is 0. The zero-order valence-electron chi connectivity index (χ0n) is 59.3. The Kier molecular flexibility index (Phi) is 44.7. The maximum atomic E-state index is 13.6. The maximum Gasteiger partial charge on any atom is 0.364 e. The molecule has 4 fully saturated rings. The van der Waals surface area contributed by atoms with Gasteiger partial charge in [-0.2, -0.15) is 0 Å². The van der Waals surface area contributed by atoms with Gasteiger partial charge in [0.2, 0.25) is 11.8 Å². The number of aliphatic hydroxyl groups is 14. The number of hydrogen-bond donors (Lipinski definition) is 17. The summed E-state index contributed by atoms with van der Waals surface area (Å²) in [4.78, 5) is 39.3. The van der Waals surface area contributed by atoms with Crippen LogP contribution in [0.4, 0.5) is 0 Å². The first-order valence-electron chi connectivity index (χ1n) is 37.6. The fourth-order valence-electron chi connectivity index (χ4n) is 13.5. The summed E-state index contributed by atoms with van der Waals surface area (Å²) < 4.78 is 47.2. The first kappa shape index (κ1) is 88.7. The van der Waals surface area contributed by atoms with Crippen molar-refractivity contribution >= 4 is 17.8 Å². The van der Waals surface area contributed by atoms with Crippen LogP contribution in [-0.2, 0) is 52.3 Å². The van der Waals surface area contributed by atoms with Gasteiger partial charge in [-0.05, 0) is 19.3 Å². The molecular weight excluding hydrogens is 1300 g/mol. The molecule has 4 aliphatic rings. The van der Waals surface area contributed by atoms with Crippen molar-refractivity contribution in [2.75, 3.05) is 33.0 Å². The Morgan fingerprint density at radius 3 is 1.43 bits per heavy atom. The Balaban J connectivity index is 1.44. The molecule has 0 aromatic rings. The number of hydrogen-bond acceptors (Lipinski definition) is 25. The first-order valence-corrected chi connectivity index (χ1v) is 37.6. The average Bonchev–Trinajstić information content (AvgIpc) is 0.755. The van der Waals surface area contributed by atoms with Crippen LogP contribution < -0.4 is 10.6 Å². The molecule has 99 heavy (non-hydrogen) atoms. The summed E-state index contributed by atoms with van der Waals surface area (Å²) in [5, 5.41) is 170. The second kappa shape index (κ2) is 49.9. The van der Waals surface area contributed by atoms with Gasteiger partial charge < -0.3 is 125 Å². The zero-order valence-corrected chi connectivity index (χ0v) is 59.3. The van der Waals surface area contributed by atoms with Crippen molar-refractivity contribution in [2.45, 2.75) is 386 Å². The number of nitrogens with one attached hydrogen (secondary N) is 2. The van der Waals surface area contributed by atoms with Gasteiger partial charge in [0.1, 0.15) is 91.6 Å². The molecule has 4 saturated heterocycles. The van der Waals surface area contributed by atoms with Gasteiger partial charge >= 0.3 is 5.97 Å². The molecule has 23 atom stereocenters. The van der Waals surface area contributed by atoms with E-state index in [0.29, 0.717) is 12.8 Å². The third-order valence-electron chi connectivity index (χ3n) is 19.6. The van der Waals surface area contributed by atoms with E-state index in [1.165, 1.54) is 148 Å². The van der Waals surface area contributed by atoms with Crippen LogP contribution in [0.1, 0.15) is 245 Å². The normalized spacial score (nSPS) is 31.8. The number of ether oxygens (including phenoxy) is 8. The second-order valence-electron chi connectivity index (χ2n) is 27.9. The minimum atomic E-state index is -3.26. The minimum Gasteiger partial charge on any atom is -0.477 e. The van der Waals surface area contributed by atoms with E-state index in [2.05, 4.69) is 24.5 Å². The van der Waals surface area contributed by atoms with Crippen LogP contribution in [0.25, 0.3) is 0 Å². The van der Waals surface area contributed by atoms with Gasteiger partial charge in [0.05, 0.1) is 57.3 Å². The molecule has 4 rings (SSSR count). The highest BCUT2D eigenvalue weighted by molar-refractivity contribution is 5.77. The molecule has 2 amide bonds. The van der Waals surface area contributed by atoms with Crippen LogP contribution in [0.2, 0.25) is 0 Å². The molecule has 0 radical (unpaired) electrons. The van der Waals surface area contributed by atoms with Crippen LogP contribution in [0, 0.1) is 0 Å². The molecular formula is C71H130N2O26. The predicted octanol–water partition coefficient (Wildman–Crippen LogP) is 3.33. The van der Waals surface area contributed by atoms with E-state index in [1.54, 1.807) is 6.08 Å². The molecule has 8 unspecified atom stereocenters. The molecule has 0 aliphatic carbocycles. The Morgan fingerprint density at radius 2 is 0.960 bits per heavy atom. The zero-order chi connectivity index (χ0) is 72.7. The number of rotatable bonds is 54. The van der Waals surface area contributed by atoms with E-state index in [0.717, 1.165) is 58.3 Å². The monoisotopic (exact) mass is 1430 g/mol. The highest BCUT2D eigenvalue weighted by Crippen LogP contribution is 2.40. The first-order chi connectivity index (χ1) is 47.6. The summed E-state index contributed by atoms with van der Waals surface area (Å²) in [5.74, 6) is -6.52. The standard InChI is InChI=1S/C71H130N2O26/c1-4-6-8-10-12-14-16-18-19-20-21-22-23-24-25-27-29-31-33-35-37-39-54(82)73-47(48(79)38-36-34-32-30-28-26-17-15-13-11-9-7-5-2)45-92-67-61(88)59(86)63(52(43-76)94-67)96-69-62(89)66(64(53(44-77)95-69)97-68-60(87)58(85)57(84)51(42-75)93-68)99-71(70(90)91)40-49(80)55(72-46(3)78)65(98-71)56(83)50(81)41-74/h36,38,47-53,55-69,74-77,79-81,83-89H,4-35,37,39-45H2,1-3H3,(H,72,78)(H,73,82)(H,90,91)/b38-36+/t47-,48+,49?,50+,51?,52?,53?,55+,56+,57-,58-,59+,60?,61?,62?,63+,64-,65?,66+,67+,68-,69-,71-/m0/s1. The van der Waals surface area contributed by atoms with Gasteiger partial charge in [0.15, 0.2) is 18.9 Å². The van der Waals surface area contributed by atoms with Crippen LogP contribution in [0.3, 0.4) is 0 Å². The number of carboxylic acid groups (broad SMARTS) is 1. The van der Waals surface area contributed by atoms with Gasteiger partial charge in [-0.25, -0.2) is 4.79 Å². The minimum absolute atomic E-state index is 0.167. The molecule has 0 bridgehead atoms. The van der Waals surface area contributed by atoms with E-state index in [9.17, 15) is 91.0 Å². The summed E-state index contributed by atoms with van der Waals surface area (Å²) >= 11 is 0. The molecule has 28 nitrogen and oxygen atoms in total. The molecule has 0 spiro atoms. The van der Waals surface area contributed by atoms with E-state index < -0.39 is 192 Å². The van der Waals surface area contributed by atoms with Crippen molar-refractivity contribution in [2.24, 2.45) is 0 Å². The summed E-state index contributed by atoms with van der Waals surface area (Å²) in [6.45, 7) is 0.763. The molecule has 0 aromatic heterocycles. The fourth-order valence-corrected chi connectivity index (χ4v) is 13.5. The molecule has 4 heterocycles. The van der Waals surface area contributed by atoms with Crippen LogP contribution in [0.15, 0.2) is 12.2 Å². The Hall–Kier alpha value is -2.73. The molecule has 28 heteroatoms. The lowest BCUT2D eigenvalue weighted by atomic mass is 9.88. The second-order valence-corrected chi connectivity index (χ2v) is 27.9. The van der Waals surface area contributed by atoms with Crippen molar-refractivity contribution in [3.8, 4) is 0 Å². The molecule has 0 aromatic carbocycles. The van der Waals surface area contributed by atoms with E-state index in [-0.39, 0.29) is 12.3 Å². The molecule has 0 saturated carbocycles. The fraction of sp³-hybridized carbons (Fsp3) is 0.930. The molecule has 17 N–H and O–H groups in total. The lowest BCUT2D eigenvalue weighted by Gasteiger charge is -2.52.